The molecule has 0 saturated carbocycles. The van der Waals surface area contributed by atoms with Crippen LogP contribution in [0.5, 0.6) is 0 Å². The number of likely N-dealkylation sites (N-methyl/N-ethyl adjacent to an activating group) is 1. The second kappa shape index (κ2) is 19.8. The Morgan fingerprint density at radius 3 is 2.24 bits per heavy atom. The summed E-state index contributed by atoms with van der Waals surface area (Å²) in [6.07, 6.45) is 0.592. The fraction of sp³-hybridized carbons (Fsp3) is 0.654. The Labute approximate surface area is 266 Å². The van der Waals surface area contributed by atoms with E-state index < -0.39 is 90.2 Å². The van der Waals surface area contributed by atoms with Crippen LogP contribution in [0.4, 0.5) is 0 Å². The lowest BCUT2D eigenvalue weighted by atomic mass is 10.0. The molecular formula is C26H49N13O7. The van der Waals surface area contributed by atoms with E-state index in [0.717, 1.165) is 6.20 Å². The van der Waals surface area contributed by atoms with Gasteiger partial charge >= 0.3 is 0 Å². The number of hydrogen-bond acceptors (Lipinski definition) is 14. The molecule has 1 rings (SSSR count). The number of carbonyl (C=O) groups is 6. The maximum absolute atomic E-state index is 13.4. The monoisotopic (exact) mass is 655 g/mol. The number of nitrogens with one attached hydrogen (secondary N) is 7. The summed E-state index contributed by atoms with van der Waals surface area (Å²) in [7, 11) is 1.33. The number of hydrogen-bond donors (Lipinski definition) is 13. The summed E-state index contributed by atoms with van der Waals surface area (Å²) in [6.45, 7) is 3.02. The van der Waals surface area contributed by atoms with Crippen molar-refractivity contribution in [3.05, 3.63) is 11.9 Å². The quantitative estimate of drug-likeness (QED) is 0.0611. The van der Waals surface area contributed by atoms with Gasteiger partial charge in [0.15, 0.2) is 12.2 Å². The van der Waals surface area contributed by atoms with E-state index in [4.69, 9.17) is 28.7 Å². The van der Waals surface area contributed by atoms with Crippen molar-refractivity contribution in [3.63, 3.8) is 0 Å². The largest absolute Gasteiger partial charge is 0.403 e. The standard InChI is InChI=1S/C26H49N13O7/c1-4-14(34-21(42)12(2)29)22(43)36-17(11-33-18(40)8-13(30)6-5-7-27)24(45)35-16(10-28)23(44)39-20(25(46)32-3)15-9-19(41)38-26(31)37-15/h10,12-15,17,19-20,41H,4-9,11,27-30H2,1-3H3,(H,32,46)(H,33,40)(H,34,42)(H,35,45)(H,36,43)(H,39,44)(H3,31,37,38)/b16-10-/t12-,13-,14-,15?,17-,19+,20-/m0/s1. The molecule has 20 heteroatoms. The second-order valence-electron chi connectivity index (χ2n) is 10.6. The highest BCUT2D eigenvalue weighted by atomic mass is 16.3. The van der Waals surface area contributed by atoms with Gasteiger partial charge in [-0.25, -0.2) is 4.99 Å². The summed E-state index contributed by atoms with van der Waals surface area (Å²) in [6, 6.07) is -6.14. The molecule has 1 aliphatic rings. The lowest BCUT2D eigenvalue weighted by molar-refractivity contribution is -0.132. The van der Waals surface area contributed by atoms with E-state index in [1.165, 1.54) is 14.0 Å². The third-order valence-electron chi connectivity index (χ3n) is 6.79. The summed E-state index contributed by atoms with van der Waals surface area (Å²) in [5.41, 5.74) is 27.8. The van der Waals surface area contributed by atoms with Gasteiger partial charge in [0.25, 0.3) is 5.91 Å². The first-order valence-electron chi connectivity index (χ1n) is 14.8. The van der Waals surface area contributed by atoms with Gasteiger partial charge in [-0.2, -0.15) is 0 Å². The summed E-state index contributed by atoms with van der Waals surface area (Å²) in [5, 5.41) is 27.2. The van der Waals surface area contributed by atoms with Crippen LogP contribution in [-0.4, -0.2) is 109 Å². The van der Waals surface area contributed by atoms with Gasteiger partial charge in [-0.3, -0.25) is 28.8 Å². The van der Waals surface area contributed by atoms with Crippen molar-refractivity contribution < 1.29 is 33.9 Å². The van der Waals surface area contributed by atoms with Gasteiger partial charge in [-0.15, -0.1) is 0 Å². The van der Waals surface area contributed by atoms with Gasteiger partial charge < -0.3 is 71.0 Å². The highest BCUT2D eigenvalue weighted by Crippen LogP contribution is 2.10. The van der Waals surface area contributed by atoms with Gasteiger partial charge in [0.2, 0.25) is 29.5 Å². The van der Waals surface area contributed by atoms with Crippen molar-refractivity contribution in [1.82, 2.24) is 37.2 Å². The smallest absolute Gasteiger partial charge is 0.270 e. The molecule has 46 heavy (non-hydrogen) atoms. The Balaban J connectivity index is 3.14. The molecule has 1 heterocycles. The Morgan fingerprint density at radius 2 is 1.70 bits per heavy atom. The van der Waals surface area contributed by atoms with Gasteiger partial charge in [0.1, 0.15) is 23.8 Å². The zero-order valence-corrected chi connectivity index (χ0v) is 26.3. The van der Waals surface area contributed by atoms with Gasteiger partial charge in [-0.05, 0) is 32.7 Å². The maximum atomic E-state index is 13.4. The number of carbonyl (C=O) groups excluding carboxylic acids is 6. The molecule has 0 saturated heterocycles. The number of aliphatic hydroxyl groups is 1. The van der Waals surface area contributed by atoms with Crippen LogP contribution >= 0.6 is 0 Å². The summed E-state index contributed by atoms with van der Waals surface area (Å²) >= 11 is 0. The lowest BCUT2D eigenvalue weighted by Gasteiger charge is -2.32. The summed E-state index contributed by atoms with van der Waals surface area (Å²) in [5.74, 6) is -4.68. The van der Waals surface area contributed by atoms with Crippen molar-refractivity contribution in [3.8, 4) is 0 Å². The molecule has 0 spiro atoms. The molecule has 0 radical (unpaired) electrons. The zero-order valence-electron chi connectivity index (χ0n) is 26.3. The van der Waals surface area contributed by atoms with Crippen molar-refractivity contribution in [2.24, 2.45) is 33.7 Å². The molecule has 0 aromatic rings. The van der Waals surface area contributed by atoms with Gasteiger partial charge in [0, 0.05) is 38.7 Å². The van der Waals surface area contributed by atoms with Crippen molar-refractivity contribution in [2.75, 3.05) is 20.1 Å². The number of aliphatic hydroxyl groups excluding tert-OH is 1. The molecule has 20 nitrogen and oxygen atoms in total. The molecule has 0 aromatic heterocycles. The minimum Gasteiger partial charge on any atom is -0.403 e. The second-order valence-corrected chi connectivity index (χ2v) is 10.6. The minimum atomic E-state index is -1.47. The third kappa shape index (κ3) is 13.2. The topological polar surface area (TPSA) is 349 Å². The summed E-state index contributed by atoms with van der Waals surface area (Å²) < 4.78 is 0. The van der Waals surface area contributed by atoms with Crippen LogP contribution in [0.1, 0.15) is 46.0 Å². The molecule has 0 aromatic carbocycles. The van der Waals surface area contributed by atoms with Crippen LogP contribution in [0.15, 0.2) is 16.9 Å². The molecule has 18 N–H and O–H groups in total. The maximum Gasteiger partial charge on any atom is 0.270 e. The first-order chi connectivity index (χ1) is 21.7. The van der Waals surface area contributed by atoms with E-state index in [1.807, 2.05) is 0 Å². The molecule has 7 atom stereocenters. The number of guanidine groups is 1. The third-order valence-corrected chi connectivity index (χ3v) is 6.79. The van der Waals surface area contributed by atoms with E-state index in [9.17, 15) is 33.9 Å². The number of nitrogens with two attached hydrogens (primary N) is 5. The molecule has 260 valence electrons. The van der Waals surface area contributed by atoms with Gasteiger partial charge in [0.05, 0.1) is 12.1 Å². The molecule has 1 aliphatic heterocycles. The first kappa shape index (κ1) is 39.5. The normalized spacial score (nSPS) is 19.5. The molecule has 0 aliphatic carbocycles. The van der Waals surface area contributed by atoms with E-state index >= 15 is 0 Å². The molecule has 6 amide bonds. The summed E-state index contributed by atoms with van der Waals surface area (Å²) in [4.78, 5) is 80.5. The number of nitrogens with zero attached hydrogens (tertiary/aromatic N) is 1. The van der Waals surface area contributed by atoms with Crippen LogP contribution in [0.2, 0.25) is 0 Å². The Kier molecular flexibility index (Phi) is 17.0. The highest BCUT2D eigenvalue weighted by molar-refractivity contribution is 6.02. The predicted octanol–water partition coefficient (Wildman–Crippen LogP) is -6.57. The fourth-order valence-electron chi connectivity index (χ4n) is 4.21. The molecule has 0 bridgehead atoms. The first-order valence-corrected chi connectivity index (χ1v) is 14.8. The van der Waals surface area contributed by atoms with E-state index in [-0.39, 0.29) is 25.2 Å². The molecule has 0 fully saturated rings. The average Bonchev–Trinajstić information content (AvgIpc) is 3.00. The van der Waals surface area contributed by atoms with Crippen LogP contribution in [0.3, 0.4) is 0 Å². The number of aliphatic imine (C=N–C) groups is 1. The van der Waals surface area contributed by atoms with Crippen LogP contribution < -0.4 is 65.9 Å². The van der Waals surface area contributed by atoms with E-state index in [2.05, 4.69) is 42.2 Å². The van der Waals surface area contributed by atoms with Crippen molar-refractivity contribution in [2.45, 2.75) is 88.4 Å². The van der Waals surface area contributed by atoms with Crippen molar-refractivity contribution >= 4 is 41.4 Å². The fourth-order valence-corrected chi connectivity index (χ4v) is 4.21. The predicted molar refractivity (Wildman–Crippen MR) is 167 cm³/mol. The van der Waals surface area contributed by atoms with E-state index in [1.54, 1.807) is 6.92 Å². The average molecular weight is 656 g/mol. The van der Waals surface area contributed by atoms with Crippen molar-refractivity contribution in [1.29, 1.82) is 0 Å². The Hall–Kier alpha value is -4.53. The van der Waals surface area contributed by atoms with Gasteiger partial charge in [-0.1, -0.05) is 6.92 Å². The molecular weight excluding hydrogens is 606 g/mol. The number of rotatable bonds is 18. The SMILES string of the molecule is CC[C@H](NC(=O)[C@H](C)N)C(=O)N[C@@H](CNC(=O)C[C@@H](N)CCCN)C(=O)N/C(=C\N)C(=O)N[C@H](C(=O)NC)C1C[C@@H](O)N=C(N)N1. The Morgan fingerprint density at radius 1 is 1.04 bits per heavy atom. The van der Waals surface area contributed by atoms with Crippen LogP contribution in [0.25, 0.3) is 0 Å². The lowest BCUT2D eigenvalue weighted by Crippen LogP contribution is -2.62. The minimum absolute atomic E-state index is 0.0827. The van der Waals surface area contributed by atoms with Crippen LogP contribution in [-0.2, 0) is 28.8 Å². The zero-order chi connectivity index (χ0) is 35.0. The molecule has 1 unspecified atom stereocenters. The highest BCUT2D eigenvalue weighted by Gasteiger charge is 2.35. The number of amides is 6. The van der Waals surface area contributed by atoms with E-state index in [0.29, 0.717) is 19.4 Å². The Bertz CT molecular complexity index is 1150. The van der Waals surface area contributed by atoms with Crippen LogP contribution in [0, 0.1) is 0 Å².